The number of anilines is 1. The van der Waals surface area contributed by atoms with Gasteiger partial charge in [-0.25, -0.2) is 0 Å². The third-order valence-electron chi connectivity index (χ3n) is 4.70. The molecule has 1 saturated heterocycles. The number of hydrogen-bond acceptors (Lipinski definition) is 4. The quantitative estimate of drug-likeness (QED) is 0.840. The molecule has 2 fully saturated rings. The topological polar surface area (TPSA) is 75.7 Å². The molecule has 1 aliphatic carbocycles. The summed E-state index contributed by atoms with van der Waals surface area (Å²) < 4.78 is 5.47. The lowest BCUT2D eigenvalue weighted by Crippen LogP contribution is -2.38. The van der Waals surface area contributed by atoms with Gasteiger partial charge in [0.05, 0.1) is 24.1 Å². The number of benzene rings is 1. The minimum atomic E-state index is -0.387. The maximum atomic E-state index is 12.4. The Bertz CT molecular complexity index is 634. The zero-order chi connectivity index (χ0) is 17.1. The number of carbonyl (C=O) groups is 3. The van der Waals surface area contributed by atoms with Crippen molar-refractivity contribution in [1.29, 1.82) is 0 Å². The van der Waals surface area contributed by atoms with E-state index in [4.69, 9.17) is 4.74 Å². The number of imide groups is 1. The van der Waals surface area contributed by atoms with Crippen molar-refractivity contribution >= 4 is 23.4 Å². The number of para-hydroxylation sites is 2. The Morgan fingerprint density at radius 1 is 1.17 bits per heavy atom. The number of nitrogens with zero attached hydrogens (tertiary/aromatic N) is 1. The average molecular weight is 330 g/mol. The summed E-state index contributed by atoms with van der Waals surface area (Å²) in [5.74, 6) is -0.663. The lowest BCUT2D eigenvalue weighted by Gasteiger charge is -2.19. The van der Waals surface area contributed by atoms with E-state index in [1.165, 1.54) is 0 Å². The van der Waals surface area contributed by atoms with Crippen LogP contribution in [0.25, 0.3) is 0 Å². The van der Waals surface area contributed by atoms with Crippen molar-refractivity contribution in [2.75, 3.05) is 18.5 Å². The summed E-state index contributed by atoms with van der Waals surface area (Å²) in [5.41, 5.74) is 0.542. The van der Waals surface area contributed by atoms with Crippen LogP contribution in [-0.4, -0.2) is 35.8 Å². The van der Waals surface area contributed by atoms with E-state index in [-0.39, 0.29) is 36.1 Å². The van der Waals surface area contributed by atoms with E-state index in [2.05, 4.69) is 5.32 Å². The Balaban J connectivity index is 1.67. The number of amides is 3. The molecule has 1 aromatic rings. The molecule has 1 aromatic carbocycles. The molecule has 0 bridgehead atoms. The van der Waals surface area contributed by atoms with E-state index in [0.29, 0.717) is 18.0 Å². The van der Waals surface area contributed by atoms with E-state index in [1.807, 2.05) is 13.0 Å². The minimum absolute atomic E-state index is 0.196. The molecule has 1 aliphatic heterocycles. The first-order valence-corrected chi connectivity index (χ1v) is 8.48. The Morgan fingerprint density at radius 2 is 1.79 bits per heavy atom. The van der Waals surface area contributed by atoms with Crippen molar-refractivity contribution < 1.29 is 19.1 Å². The highest BCUT2D eigenvalue weighted by Crippen LogP contribution is 2.37. The highest BCUT2D eigenvalue weighted by molar-refractivity contribution is 6.08. The Kier molecular flexibility index (Phi) is 4.83. The first kappa shape index (κ1) is 16.5. The van der Waals surface area contributed by atoms with Gasteiger partial charge in [0, 0.05) is 0 Å². The van der Waals surface area contributed by atoms with Gasteiger partial charge in [0.15, 0.2) is 0 Å². The van der Waals surface area contributed by atoms with Gasteiger partial charge in [-0.3, -0.25) is 19.3 Å². The first-order valence-electron chi connectivity index (χ1n) is 8.48. The lowest BCUT2D eigenvalue weighted by atomic mass is 9.81. The van der Waals surface area contributed by atoms with Gasteiger partial charge in [0.25, 0.3) is 0 Å². The smallest absolute Gasteiger partial charge is 0.244 e. The third-order valence-corrected chi connectivity index (χ3v) is 4.70. The summed E-state index contributed by atoms with van der Waals surface area (Å²) in [7, 11) is 0. The van der Waals surface area contributed by atoms with Crippen LogP contribution in [0.2, 0.25) is 0 Å². The van der Waals surface area contributed by atoms with Crippen LogP contribution in [0.15, 0.2) is 24.3 Å². The van der Waals surface area contributed by atoms with Gasteiger partial charge in [-0.1, -0.05) is 25.0 Å². The maximum absolute atomic E-state index is 12.4. The number of nitrogens with one attached hydrogen (secondary N) is 1. The fraction of sp³-hybridized carbons (Fsp3) is 0.500. The molecule has 3 rings (SSSR count). The molecule has 0 spiro atoms. The van der Waals surface area contributed by atoms with Crippen LogP contribution < -0.4 is 10.1 Å². The molecule has 3 amide bonds. The molecule has 24 heavy (non-hydrogen) atoms. The summed E-state index contributed by atoms with van der Waals surface area (Å²) in [6.07, 6.45) is 3.45. The number of fused-ring (bicyclic) bond motifs is 1. The number of carbonyl (C=O) groups excluding carboxylic acids is 3. The van der Waals surface area contributed by atoms with E-state index in [9.17, 15) is 14.4 Å². The second kappa shape index (κ2) is 7.03. The molecule has 0 aromatic heterocycles. The zero-order valence-corrected chi connectivity index (χ0v) is 13.8. The third kappa shape index (κ3) is 3.13. The van der Waals surface area contributed by atoms with Gasteiger partial charge in [-0.05, 0) is 31.9 Å². The molecule has 128 valence electrons. The predicted octanol–water partition coefficient (Wildman–Crippen LogP) is 2.20. The standard InChI is InChI=1S/C18H22N2O4/c1-2-24-15-10-6-5-9-14(15)19-16(21)11-20-17(22)12-7-3-4-8-13(12)18(20)23/h5-6,9-10,12-13H,2-4,7-8,11H2,1H3,(H,19,21). The van der Waals surface area contributed by atoms with Gasteiger partial charge in [0.2, 0.25) is 17.7 Å². The molecule has 1 saturated carbocycles. The van der Waals surface area contributed by atoms with Gasteiger partial charge in [0.1, 0.15) is 12.3 Å². The summed E-state index contributed by atoms with van der Waals surface area (Å²) in [4.78, 5) is 38.2. The van der Waals surface area contributed by atoms with Crippen LogP contribution in [0.3, 0.4) is 0 Å². The molecule has 0 radical (unpaired) electrons. The maximum Gasteiger partial charge on any atom is 0.244 e. The summed E-state index contributed by atoms with van der Waals surface area (Å²) >= 11 is 0. The second-order valence-electron chi connectivity index (χ2n) is 6.24. The van der Waals surface area contributed by atoms with Crippen molar-refractivity contribution in [2.45, 2.75) is 32.6 Å². The highest BCUT2D eigenvalue weighted by Gasteiger charge is 2.48. The summed E-state index contributed by atoms with van der Waals surface area (Å²) in [5, 5.41) is 2.73. The van der Waals surface area contributed by atoms with E-state index >= 15 is 0 Å². The molecule has 2 aliphatic rings. The van der Waals surface area contributed by atoms with E-state index < -0.39 is 0 Å². The van der Waals surface area contributed by atoms with Gasteiger partial charge >= 0.3 is 0 Å². The Hall–Kier alpha value is -2.37. The van der Waals surface area contributed by atoms with Gasteiger partial charge < -0.3 is 10.1 Å². The fourth-order valence-corrected chi connectivity index (χ4v) is 3.57. The average Bonchev–Trinajstić information content (AvgIpc) is 2.82. The highest BCUT2D eigenvalue weighted by atomic mass is 16.5. The van der Waals surface area contributed by atoms with Crippen LogP contribution in [0.1, 0.15) is 32.6 Å². The molecular formula is C18H22N2O4. The van der Waals surface area contributed by atoms with Gasteiger partial charge in [-0.2, -0.15) is 0 Å². The van der Waals surface area contributed by atoms with Crippen molar-refractivity contribution in [3.63, 3.8) is 0 Å². The second-order valence-corrected chi connectivity index (χ2v) is 6.24. The SMILES string of the molecule is CCOc1ccccc1NC(=O)CN1C(=O)C2CCCCC2C1=O. The molecule has 6 heteroatoms. The molecule has 2 unspecified atom stereocenters. The van der Waals surface area contributed by atoms with Crippen molar-refractivity contribution in [1.82, 2.24) is 4.90 Å². The van der Waals surface area contributed by atoms with Crippen molar-refractivity contribution in [2.24, 2.45) is 11.8 Å². The predicted molar refractivity (Wildman–Crippen MR) is 88.4 cm³/mol. The van der Waals surface area contributed by atoms with Crippen molar-refractivity contribution in [3.05, 3.63) is 24.3 Å². The molecule has 1 heterocycles. The number of ether oxygens (including phenoxy) is 1. The number of hydrogen-bond donors (Lipinski definition) is 1. The van der Waals surface area contributed by atoms with Crippen LogP contribution in [0.4, 0.5) is 5.69 Å². The number of likely N-dealkylation sites (tertiary alicyclic amines) is 1. The van der Waals surface area contributed by atoms with E-state index in [1.54, 1.807) is 18.2 Å². The summed E-state index contributed by atoms with van der Waals surface area (Å²) in [6.45, 7) is 2.12. The molecule has 2 atom stereocenters. The van der Waals surface area contributed by atoms with Crippen LogP contribution in [0, 0.1) is 11.8 Å². The molecule has 6 nitrogen and oxygen atoms in total. The lowest BCUT2D eigenvalue weighted by molar-refractivity contribution is -0.142. The minimum Gasteiger partial charge on any atom is -0.492 e. The van der Waals surface area contributed by atoms with Crippen LogP contribution in [0.5, 0.6) is 5.75 Å². The number of rotatable bonds is 5. The monoisotopic (exact) mass is 330 g/mol. The van der Waals surface area contributed by atoms with Gasteiger partial charge in [-0.15, -0.1) is 0 Å². The molecule has 1 N–H and O–H groups in total. The normalized spacial score (nSPS) is 23.1. The van der Waals surface area contributed by atoms with Crippen molar-refractivity contribution in [3.8, 4) is 5.75 Å². The largest absolute Gasteiger partial charge is 0.492 e. The fourth-order valence-electron chi connectivity index (χ4n) is 3.57. The van der Waals surface area contributed by atoms with Crippen LogP contribution in [-0.2, 0) is 14.4 Å². The first-order chi connectivity index (χ1) is 11.6. The summed E-state index contributed by atoms with van der Waals surface area (Å²) in [6, 6.07) is 7.10. The Morgan fingerprint density at radius 3 is 2.42 bits per heavy atom. The van der Waals surface area contributed by atoms with E-state index in [0.717, 1.165) is 30.6 Å². The van der Waals surface area contributed by atoms with Crippen LogP contribution >= 0.6 is 0 Å². The molecular weight excluding hydrogens is 308 g/mol. The Labute approximate surface area is 141 Å². The zero-order valence-electron chi connectivity index (χ0n) is 13.8.